The summed E-state index contributed by atoms with van der Waals surface area (Å²) in [7, 11) is 0. The summed E-state index contributed by atoms with van der Waals surface area (Å²) in [6.45, 7) is 0.634. The summed E-state index contributed by atoms with van der Waals surface area (Å²) in [5, 5.41) is 8.57. The van der Waals surface area contributed by atoms with Crippen LogP contribution in [0, 0.1) is 0 Å². The van der Waals surface area contributed by atoms with Gasteiger partial charge in [-0.3, -0.25) is 4.79 Å². The molecule has 2 aromatic carbocycles. The largest absolute Gasteiger partial charge is 0.339 e. The van der Waals surface area contributed by atoms with E-state index in [1.54, 1.807) is 30.3 Å². The number of amides is 3. The number of urea groups is 1. The predicted octanol–water partition coefficient (Wildman–Crippen LogP) is 4.07. The molecule has 0 atom stereocenters. The lowest BCUT2D eigenvalue weighted by Gasteiger charge is -2.11. The molecule has 3 N–H and O–H groups in total. The van der Waals surface area contributed by atoms with E-state index >= 15 is 0 Å². The second kappa shape index (κ2) is 8.00. The van der Waals surface area contributed by atoms with Gasteiger partial charge in [0.15, 0.2) is 0 Å². The lowest BCUT2D eigenvalue weighted by molar-refractivity contribution is 0.101. The highest BCUT2D eigenvalue weighted by Gasteiger charge is 2.23. The molecular weight excluding hydrogens is 352 g/mol. The summed E-state index contributed by atoms with van der Waals surface area (Å²) in [5.41, 5.74) is 3.08. The Morgan fingerprint density at radius 3 is 2.21 bits per heavy atom. The highest BCUT2D eigenvalue weighted by atomic mass is 16.2. The highest BCUT2D eigenvalue weighted by molar-refractivity contribution is 6.03. The van der Waals surface area contributed by atoms with Crippen LogP contribution in [0.1, 0.15) is 28.9 Å². The van der Waals surface area contributed by atoms with Crippen LogP contribution in [0.3, 0.4) is 0 Å². The number of hydrogen-bond acceptors (Lipinski definition) is 2. The molecule has 3 aromatic rings. The maximum Gasteiger partial charge on any atom is 0.319 e. The van der Waals surface area contributed by atoms with E-state index in [1.165, 1.54) is 0 Å². The summed E-state index contributed by atoms with van der Waals surface area (Å²) in [5.74, 6) is -0.173. The molecule has 1 aliphatic rings. The van der Waals surface area contributed by atoms with E-state index in [0.717, 1.165) is 18.4 Å². The molecular formula is C22H22N4O2. The summed E-state index contributed by atoms with van der Waals surface area (Å²) >= 11 is 0. The third-order valence-corrected chi connectivity index (χ3v) is 4.57. The highest BCUT2D eigenvalue weighted by Crippen LogP contribution is 2.19. The predicted molar refractivity (Wildman–Crippen MR) is 110 cm³/mol. The van der Waals surface area contributed by atoms with E-state index in [9.17, 15) is 9.59 Å². The number of aromatic nitrogens is 1. The fourth-order valence-corrected chi connectivity index (χ4v) is 2.95. The number of carbonyl (C=O) groups excluding carboxylic acids is 2. The Morgan fingerprint density at radius 1 is 0.857 bits per heavy atom. The second-order valence-electron chi connectivity index (χ2n) is 6.91. The standard InChI is InChI=1S/C22H22N4O2/c27-21(20-7-4-14-26(20)15-16-5-2-1-3-6-16)23-17-8-10-18(11-9-17)24-22(28)25-19-12-13-19/h1-11,14,19H,12-13,15H2,(H,23,27)(H2,24,25,28). The zero-order chi connectivity index (χ0) is 19.3. The van der Waals surface area contributed by atoms with Crippen molar-refractivity contribution < 1.29 is 9.59 Å². The molecule has 1 heterocycles. The summed E-state index contributed by atoms with van der Waals surface area (Å²) in [4.78, 5) is 24.4. The number of benzene rings is 2. The van der Waals surface area contributed by atoms with E-state index in [0.29, 0.717) is 29.7 Å². The maximum absolute atomic E-state index is 12.7. The second-order valence-corrected chi connectivity index (χ2v) is 6.91. The van der Waals surface area contributed by atoms with Crippen LogP contribution >= 0.6 is 0 Å². The molecule has 0 bridgehead atoms. The number of hydrogen-bond donors (Lipinski definition) is 3. The molecule has 0 aliphatic heterocycles. The van der Waals surface area contributed by atoms with Crippen molar-refractivity contribution in [3.8, 4) is 0 Å². The van der Waals surface area contributed by atoms with Gasteiger partial charge in [0.25, 0.3) is 5.91 Å². The number of carbonyl (C=O) groups is 2. The van der Waals surface area contributed by atoms with Gasteiger partial charge in [-0.15, -0.1) is 0 Å². The molecule has 0 radical (unpaired) electrons. The van der Waals surface area contributed by atoms with Gasteiger partial charge in [0.05, 0.1) is 0 Å². The summed E-state index contributed by atoms with van der Waals surface area (Å²) in [6, 6.07) is 20.9. The van der Waals surface area contributed by atoms with Crippen LogP contribution in [0.5, 0.6) is 0 Å². The Kier molecular flexibility index (Phi) is 5.10. The average molecular weight is 374 g/mol. The first kappa shape index (κ1) is 17.9. The molecule has 0 spiro atoms. The van der Waals surface area contributed by atoms with E-state index < -0.39 is 0 Å². The van der Waals surface area contributed by atoms with Crippen molar-refractivity contribution in [3.63, 3.8) is 0 Å². The van der Waals surface area contributed by atoms with Gasteiger partial charge in [-0.1, -0.05) is 30.3 Å². The van der Waals surface area contributed by atoms with Crippen molar-refractivity contribution in [1.29, 1.82) is 0 Å². The molecule has 1 aliphatic carbocycles. The lowest BCUT2D eigenvalue weighted by Crippen LogP contribution is -2.30. The molecule has 0 saturated heterocycles. The quantitative estimate of drug-likeness (QED) is 0.608. The SMILES string of the molecule is O=C(Nc1ccc(NC(=O)c2cccn2Cc2ccccc2)cc1)NC1CC1. The zero-order valence-electron chi connectivity index (χ0n) is 15.4. The molecule has 28 heavy (non-hydrogen) atoms. The average Bonchev–Trinajstić information content (AvgIpc) is 3.38. The van der Waals surface area contributed by atoms with Crippen LogP contribution in [-0.2, 0) is 6.54 Å². The Balaban J connectivity index is 1.37. The van der Waals surface area contributed by atoms with Crippen LogP contribution in [-0.4, -0.2) is 22.5 Å². The first-order valence-electron chi connectivity index (χ1n) is 9.35. The van der Waals surface area contributed by atoms with Crippen molar-refractivity contribution in [1.82, 2.24) is 9.88 Å². The van der Waals surface area contributed by atoms with Crippen LogP contribution < -0.4 is 16.0 Å². The Morgan fingerprint density at radius 2 is 1.54 bits per heavy atom. The summed E-state index contributed by atoms with van der Waals surface area (Å²) in [6.07, 6.45) is 3.99. The van der Waals surface area contributed by atoms with Crippen molar-refractivity contribution in [2.75, 3.05) is 10.6 Å². The third kappa shape index (κ3) is 4.59. The van der Waals surface area contributed by atoms with Gasteiger partial charge in [-0.05, 0) is 54.8 Å². The van der Waals surface area contributed by atoms with Crippen molar-refractivity contribution in [2.24, 2.45) is 0 Å². The van der Waals surface area contributed by atoms with Gasteiger partial charge < -0.3 is 20.5 Å². The van der Waals surface area contributed by atoms with E-state index in [4.69, 9.17) is 0 Å². The van der Waals surface area contributed by atoms with Gasteiger partial charge in [-0.2, -0.15) is 0 Å². The van der Waals surface area contributed by atoms with Crippen molar-refractivity contribution in [2.45, 2.75) is 25.4 Å². The molecule has 6 heteroatoms. The smallest absolute Gasteiger partial charge is 0.319 e. The molecule has 142 valence electrons. The normalized spacial score (nSPS) is 13.0. The van der Waals surface area contributed by atoms with Crippen LogP contribution in [0.2, 0.25) is 0 Å². The third-order valence-electron chi connectivity index (χ3n) is 4.57. The van der Waals surface area contributed by atoms with Crippen LogP contribution in [0.25, 0.3) is 0 Å². The van der Waals surface area contributed by atoms with Gasteiger partial charge >= 0.3 is 6.03 Å². The van der Waals surface area contributed by atoms with Gasteiger partial charge in [0.2, 0.25) is 0 Å². The lowest BCUT2D eigenvalue weighted by atomic mass is 10.2. The fourth-order valence-electron chi connectivity index (χ4n) is 2.95. The fraction of sp³-hybridized carbons (Fsp3) is 0.182. The maximum atomic E-state index is 12.7. The molecule has 6 nitrogen and oxygen atoms in total. The van der Waals surface area contributed by atoms with Crippen molar-refractivity contribution >= 4 is 23.3 Å². The van der Waals surface area contributed by atoms with Crippen LogP contribution in [0.4, 0.5) is 16.2 Å². The van der Waals surface area contributed by atoms with Gasteiger partial charge in [0, 0.05) is 30.2 Å². The van der Waals surface area contributed by atoms with Gasteiger partial charge in [0.1, 0.15) is 5.69 Å². The molecule has 3 amide bonds. The Bertz CT molecular complexity index is 960. The summed E-state index contributed by atoms with van der Waals surface area (Å²) < 4.78 is 1.92. The molecule has 1 fully saturated rings. The first-order chi connectivity index (χ1) is 13.7. The monoisotopic (exact) mass is 374 g/mol. The minimum atomic E-state index is -0.196. The topological polar surface area (TPSA) is 75.2 Å². The van der Waals surface area contributed by atoms with E-state index in [2.05, 4.69) is 16.0 Å². The number of anilines is 2. The number of nitrogens with zero attached hydrogens (tertiary/aromatic N) is 1. The Labute approximate surface area is 163 Å². The van der Waals surface area contributed by atoms with E-state index in [1.807, 2.05) is 47.2 Å². The first-order valence-corrected chi connectivity index (χ1v) is 9.35. The number of nitrogens with one attached hydrogen (secondary N) is 3. The molecule has 1 aromatic heterocycles. The minimum absolute atomic E-state index is 0.173. The zero-order valence-corrected chi connectivity index (χ0v) is 15.4. The Hall–Kier alpha value is -3.54. The molecule has 4 rings (SSSR count). The number of rotatable bonds is 6. The van der Waals surface area contributed by atoms with Crippen molar-refractivity contribution in [3.05, 3.63) is 84.2 Å². The van der Waals surface area contributed by atoms with Crippen LogP contribution in [0.15, 0.2) is 72.9 Å². The minimum Gasteiger partial charge on any atom is -0.339 e. The van der Waals surface area contributed by atoms with E-state index in [-0.39, 0.29) is 11.9 Å². The molecule has 1 saturated carbocycles. The van der Waals surface area contributed by atoms with Gasteiger partial charge in [-0.25, -0.2) is 4.79 Å². The molecule has 0 unspecified atom stereocenters.